The van der Waals surface area contributed by atoms with Crippen LogP contribution in [0.5, 0.6) is 0 Å². The number of rotatable bonds is 6. The van der Waals surface area contributed by atoms with Crippen molar-refractivity contribution in [1.29, 1.82) is 0 Å². The third-order valence-electron chi connectivity index (χ3n) is 4.26. The number of nitrogens with zero attached hydrogens (tertiary/aromatic N) is 2. The van der Waals surface area contributed by atoms with Gasteiger partial charge < -0.3 is 15.7 Å². The number of primary amides is 1. The average Bonchev–Trinajstić information content (AvgIpc) is 2.95. The van der Waals surface area contributed by atoms with E-state index in [1.807, 2.05) is 38.1 Å². The average molecular weight is 331 g/mol. The van der Waals surface area contributed by atoms with E-state index < -0.39 is 6.09 Å². The zero-order valence-corrected chi connectivity index (χ0v) is 14.2. The largest absolute Gasteiger partial charge is 0.465 e. The standard InChI is InChI=1S/C18H25N3O3/c1-13(2)21(17(19)22)10-5-3-4-7-14-8-6-9-15-11-20(18(23)24)12-16(14)15/h4,6-9,13H,3,5,10-12H2,1-2H3,(H2,19,22)(H,23,24). The van der Waals surface area contributed by atoms with Crippen LogP contribution in [-0.2, 0) is 13.1 Å². The second kappa shape index (κ2) is 7.86. The summed E-state index contributed by atoms with van der Waals surface area (Å²) in [7, 11) is 0. The zero-order chi connectivity index (χ0) is 17.7. The topological polar surface area (TPSA) is 86.9 Å². The summed E-state index contributed by atoms with van der Waals surface area (Å²) in [5, 5.41) is 9.13. The molecule has 130 valence electrons. The highest BCUT2D eigenvalue weighted by atomic mass is 16.4. The van der Waals surface area contributed by atoms with E-state index in [9.17, 15) is 9.59 Å². The van der Waals surface area contributed by atoms with E-state index in [-0.39, 0.29) is 12.1 Å². The molecule has 24 heavy (non-hydrogen) atoms. The maximum absolute atomic E-state index is 11.3. The van der Waals surface area contributed by atoms with Crippen LogP contribution in [0.2, 0.25) is 0 Å². The number of unbranched alkanes of at least 4 members (excludes halogenated alkanes) is 1. The van der Waals surface area contributed by atoms with Gasteiger partial charge in [-0.15, -0.1) is 0 Å². The van der Waals surface area contributed by atoms with Crippen molar-refractivity contribution in [3.63, 3.8) is 0 Å². The molecule has 1 aromatic carbocycles. The number of nitrogens with two attached hydrogens (primary N) is 1. The lowest BCUT2D eigenvalue weighted by Gasteiger charge is -2.24. The van der Waals surface area contributed by atoms with Gasteiger partial charge in [-0.25, -0.2) is 9.59 Å². The van der Waals surface area contributed by atoms with Crippen LogP contribution in [0.25, 0.3) is 6.08 Å². The molecule has 0 saturated carbocycles. The van der Waals surface area contributed by atoms with E-state index in [1.165, 1.54) is 4.90 Å². The van der Waals surface area contributed by atoms with E-state index in [0.717, 1.165) is 29.5 Å². The van der Waals surface area contributed by atoms with E-state index >= 15 is 0 Å². The van der Waals surface area contributed by atoms with Crippen LogP contribution in [0.3, 0.4) is 0 Å². The molecule has 2 rings (SSSR count). The Morgan fingerprint density at radius 1 is 1.38 bits per heavy atom. The first kappa shape index (κ1) is 17.8. The van der Waals surface area contributed by atoms with Crippen molar-refractivity contribution >= 4 is 18.2 Å². The lowest BCUT2D eigenvalue weighted by molar-refractivity contribution is 0.145. The number of fused-ring (bicyclic) bond motifs is 1. The van der Waals surface area contributed by atoms with Crippen molar-refractivity contribution in [1.82, 2.24) is 9.80 Å². The Morgan fingerprint density at radius 3 is 2.75 bits per heavy atom. The molecule has 0 aliphatic carbocycles. The lowest BCUT2D eigenvalue weighted by Crippen LogP contribution is -2.41. The Bertz CT molecular complexity index is 640. The molecule has 0 radical (unpaired) electrons. The van der Waals surface area contributed by atoms with E-state index in [4.69, 9.17) is 10.8 Å². The predicted octanol–water partition coefficient (Wildman–Crippen LogP) is 3.26. The molecule has 3 amide bonds. The van der Waals surface area contributed by atoms with Crippen molar-refractivity contribution in [2.45, 2.75) is 45.8 Å². The Morgan fingerprint density at radius 2 is 2.12 bits per heavy atom. The SMILES string of the molecule is CC(C)N(CCCC=Cc1cccc2c1CN(C(=O)O)C2)C(N)=O. The second-order valence-corrected chi connectivity index (χ2v) is 6.29. The minimum atomic E-state index is -0.888. The molecule has 6 nitrogen and oxygen atoms in total. The number of carboxylic acid groups (broad SMARTS) is 1. The van der Waals surface area contributed by atoms with Crippen molar-refractivity contribution in [3.8, 4) is 0 Å². The first-order valence-corrected chi connectivity index (χ1v) is 8.21. The zero-order valence-electron chi connectivity index (χ0n) is 14.2. The summed E-state index contributed by atoms with van der Waals surface area (Å²) in [5.41, 5.74) is 8.57. The fourth-order valence-corrected chi connectivity index (χ4v) is 2.95. The fourth-order valence-electron chi connectivity index (χ4n) is 2.95. The van der Waals surface area contributed by atoms with E-state index in [0.29, 0.717) is 19.6 Å². The van der Waals surface area contributed by atoms with Gasteiger partial charge in [0.05, 0.1) is 6.54 Å². The molecule has 6 heteroatoms. The highest BCUT2D eigenvalue weighted by Crippen LogP contribution is 2.27. The molecule has 3 N–H and O–H groups in total. The molecular weight excluding hydrogens is 306 g/mol. The summed E-state index contributed by atoms with van der Waals surface area (Å²) >= 11 is 0. The van der Waals surface area contributed by atoms with Crippen molar-refractivity contribution < 1.29 is 14.7 Å². The van der Waals surface area contributed by atoms with Gasteiger partial charge in [0.1, 0.15) is 0 Å². The first-order valence-electron chi connectivity index (χ1n) is 8.21. The minimum absolute atomic E-state index is 0.103. The molecule has 1 aliphatic rings. The summed E-state index contributed by atoms with van der Waals surface area (Å²) < 4.78 is 0. The molecule has 0 bridgehead atoms. The monoisotopic (exact) mass is 331 g/mol. The molecule has 0 spiro atoms. The minimum Gasteiger partial charge on any atom is -0.465 e. The highest BCUT2D eigenvalue weighted by molar-refractivity contribution is 5.72. The van der Waals surface area contributed by atoms with Gasteiger partial charge >= 0.3 is 12.1 Å². The molecule has 1 aliphatic heterocycles. The van der Waals surface area contributed by atoms with Crippen molar-refractivity contribution in [3.05, 3.63) is 41.0 Å². The smallest absolute Gasteiger partial charge is 0.407 e. The van der Waals surface area contributed by atoms with Gasteiger partial charge in [0, 0.05) is 19.1 Å². The van der Waals surface area contributed by atoms with Gasteiger partial charge in [0.15, 0.2) is 0 Å². The number of hydrogen-bond acceptors (Lipinski definition) is 2. The summed E-state index contributed by atoms with van der Waals surface area (Å²) in [6.07, 6.45) is 4.89. The number of allylic oxidation sites excluding steroid dienone is 1. The van der Waals surface area contributed by atoms with Crippen LogP contribution in [0.1, 0.15) is 43.4 Å². The maximum atomic E-state index is 11.3. The van der Waals surface area contributed by atoms with Gasteiger partial charge in [-0.3, -0.25) is 4.90 Å². The Labute approximate surface area is 142 Å². The number of benzene rings is 1. The van der Waals surface area contributed by atoms with Gasteiger partial charge in [-0.2, -0.15) is 0 Å². The molecule has 0 saturated heterocycles. The van der Waals surface area contributed by atoms with Crippen molar-refractivity contribution in [2.24, 2.45) is 5.73 Å². The fraction of sp³-hybridized carbons (Fsp3) is 0.444. The number of amides is 3. The summed E-state index contributed by atoms with van der Waals surface area (Å²) in [6, 6.07) is 5.65. The molecular formula is C18H25N3O3. The molecule has 1 aromatic rings. The number of hydrogen-bond donors (Lipinski definition) is 2. The van der Waals surface area contributed by atoms with Crippen LogP contribution >= 0.6 is 0 Å². The predicted molar refractivity (Wildman–Crippen MR) is 93.4 cm³/mol. The van der Waals surface area contributed by atoms with Crippen molar-refractivity contribution in [2.75, 3.05) is 6.54 Å². The van der Waals surface area contributed by atoms with Gasteiger partial charge in [-0.1, -0.05) is 30.4 Å². The molecule has 0 unspecified atom stereocenters. The summed E-state index contributed by atoms with van der Waals surface area (Å²) in [6.45, 7) is 5.42. The van der Waals surface area contributed by atoms with E-state index in [1.54, 1.807) is 4.90 Å². The molecule has 1 heterocycles. The first-order chi connectivity index (χ1) is 11.4. The van der Waals surface area contributed by atoms with Crippen LogP contribution in [0.4, 0.5) is 9.59 Å². The maximum Gasteiger partial charge on any atom is 0.407 e. The number of urea groups is 1. The second-order valence-electron chi connectivity index (χ2n) is 6.29. The number of carbonyl (C=O) groups is 2. The Balaban J connectivity index is 1.91. The highest BCUT2D eigenvalue weighted by Gasteiger charge is 2.23. The summed E-state index contributed by atoms with van der Waals surface area (Å²) in [5.74, 6) is 0. The molecule has 0 fully saturated rings. The van der Waals surface area contributed by atoms with Crippen LogP contribution in [0.15, 0.2) is 24.3 Å². The van der Waals surface area contributed by atoms with Crippen LogP contribution < -0.4 is 5.73 Å². The van der Waals surface area contributed by atoms with Crippen LogP contribution in [-0.4, -0.2) is 39.6 Å². The molecule has 0 atom stereocenters. The Hall–Kier alpha value is -2.50. The Kier molecular flexibility index (Phi) is 5.84. The molecule has 0 aromatic heterocycles. The van der Waals surface area contributed by atoms with Gasteiger partial charge in [0.25, 0.3) is 0 Å². The summed E-state index contributed by atoms with van der Waals surface area (Å²) in [4.78, 5) is 25.5. The third-order valence-corrected chi connectivity index (χ3v) is 4.26. The van der Waals surface area contributed by atoms with E-state index in [2.05, 4.69) is 6.08 Å². The van der Waals surface area contributed by atoms with Crippen LogP contribution in [0, 0.1) is 0 Å². The third kappa shape index (κ3) is 4.28. The van der Waals surface area contributed by atoms with Gasteiger partial charge in [-0.05, 0) is 43.4 Å². The number of carbonyl (C=O) groups excluding carboxylic acids is 1. The normalized spacial score (nSPS) is 13.5. The lowest BCUT2D eigenvalue weighted by atomic mass is 10.0. The van der Waals surface area contributed by atoms with Gasteiger partial charge in [0.2, 0.25) is 0 Å². The quantitative estimate of drug-likeness (QED) is 0.784.